The molecule has 0 unspecified atom stereocenters. The standard InChI is InChI=1S/C15H26N4O2/c1-5-18(6-2)9-7-8-16-11-14-13(4)15(19(20)21)12(3)10-17-14/h10,16H,5-9,11H2,1-4H3. The van der Waals surface area contributed by atoms with Gasteiger partial charge in [-0.05, 0) is 46.4 Å². The molecule has 0 aliphatic carbocycles. The first-order chi connectivity index (χ1) is 10.0. The predicted octanol–water partition coefficient (Wildman–Crippen LogP) is 2.43. The molecule has 0 aliphatic heterocycles. The molecule has 118 valence electrons. The largest absolute Gasteiger partial charge is 0.311 e. The third-order valence-corrected chi connectivity index (χ3v) is 3.77. The number of hydrogen-bond acceptors (Lipinski definition) is 5. The molecular formula is C15H26N4O2. The van der Waals surface area contributed by atoms with Crippen molar-refractivity contribution < 1.29 is 4.92 Å². The van der Waals surface area contributed by atoms with Crippen molar-refractivity contribution in [2.75, 3.05) is 26.2 Å². The second-order valence-corrected chi connectivity index (χ2v) is 5.18. The summed E-state index contributed by atoms with van der Waals surface area (Å²) in [6.45, 7) is 12.5. The van der Waals surface area contributed by atoms with E-state index in [0.29, 0.717) is 17.7 Å². The molecule has 0 aromatic carbocycles. The molecule has 1 heterocycles. The first kappa shape index (κ1) is 17.5. The lowest BCUT2D eigenvalue weighted by Gasteiger charge is -2.17. The van der Waals surface area contributed by atoms with Crippen molar-refractivity contribution in [2.45, 2.75) is 40.7 Å². The average molecular weight is 294 g/mol. The van der Waals surface area contributed by atoms with Gasteiger partial charge in [0.1, 0.15) is 0 Å². The fourth-order valence-electron chi connectivity index (χ4n) is 2.40. The zero-order valence-electron chi connectivity index (χ0n) is 13.5. The van der Waals surface area contributed by atoms with Gasteiger partial charge < -0.3 is 10.2 Å². The average Bonchev–Trinajstić information content (AvgIpc) is 2.44. The van der Waals surface area contributed by atoms with Gasteiger partial charge in [-0.1, -0.05) is 13.8 Å². The Morgan fingerprint density at radius 1 is 1.33 bits per heavy atom. The fraction of sp³-hybridized carbons (Fsp3) is 0.667. The molecule has 6 nitrogen and oxygen atoms in total. The van der Waals surface area contributed by atoms with Crippen LogP contribution in [0.3, 0.4) is 0 Å². The lowest BCUT2D eigenvalue weighted by atomic mass is 10.1. The van der Waals surface area contributed by atoms with E-state index >= 15 is 0 Å². The van der Waals surface area contributed by atoms with Crippen molar-refractivity contribution in [3.8, 4) is 0 Å². The Balaban J connectivity index is 2.50. The van der Waals surface area contributed by atoms with E-state index in [1.807, 2.05) is 0 Å². The minimum atomic E-state index is -0.323. The van der Waals surface area contributed by atoms with E-state index in [1.165, 1.54) is 0 Å². The van der Waals surface area contributed by atoms with Crippen LogP contribution in [-0.2, 0) is 6.54 Å². The van der Waals surface area contributed by atoms with Crippen LogP contribution in [0.1, 0.15) is 37.1 Å². The number of nitro groups is 1. The quantitative estimate of drug-likeness (QED) is 0.430. The Labute approximate surface area is 126 Å². The van der Waals surface area contributed by atoms with Crippen molar-refractivity contribution in [1.82, 2.24) is 15.2 Å². The second kappa shape index (κ2) is 8.69. The number of nitrogens with zero attached hydrogens (tertiary/aromatic N) is 3. The molecule has 0 saturated carbocycles. The molecule has 21 heavy (non-hydrogen) atoms. The van der Waals surface area contributed by atoms with E-state index in [0.717, 1.165) is 38.3 Å². The van der Waals surface area contributed by atoms with Crippen LogP contribution in [-0.4, -0.2) is 41.0 Å². The summed E-state index contributed by atoms with van der Waals surface area (Å²) in [5.41, 5.74) is 2.22. The van der Waals surface area contributed by atoms with Crippen LogP contribution >= 0.6 is 0 Å². The van der Waals surface area contributed by atoms with Crippen LogP contribution < -0.4 is 5.32 Å². The van der Waals surface area contributed by atoms with Gasteiger partial charge in [-0.15, -0.1) is 0 Å². The van der Waals surface area contributed by atoms with Crippen LogP contribution in [0, 0.1) is 24.0 Å². The second-order valence-electron chi connectivity index (χ2n) is 5.18. The molecule has 0 spiro atoms. The maximum atomic E-state index is 11.1. The Bertz CT molecular complexity index is 473. The van der Waals surface area contributed by atoms with Gasteiger partial charge in [-0.2, -0.15) is 0 Å². The molecule has 6 heteroatoms. The normalized spacial score (nSPS) is 11.1. The Kier molecular flexibility index (Phi) is 7.25. The monoisotopic (exact) mass is 294 g/mol. The smallest absolute Gasteiger partial charge is 0.278 e. The molecule has 0 fully saturated rings. The molecule has 0 saturated heterocycles. The van der Waals surface area contributed by atoms with Gasteiger partial charge in [0.2, 0.25) is 0 Å². The minimum absolute atomic E-state index is 0.185. The number of aromatic nitrogens is 1. The zero-order chi connectivity index (χ0) is 15.8. The third kappa shape index (κ3) is 5.06. The lowest BCUT2D eigenvalue weighted by molar-refractivity contribution is -0.386. The number of hydrogen-bond donors (Lipinski definition) is 1. The molecule has 1 aromatic heterocycles. The highest BCUT2D eigenvalue weighted by atomic mass is 16.6. The van der Waals surface area contributed by atoms with Gasteiger partial charge in [-0.3, -0.25) is 15.1 Å². The van der Waals surface area contributed by atoms with Crippen LogP contribution in [0.25, 0.3) is 0 Å². The summed E-state index contributed by atoms with van der Waals surface area (Å²) in [4.78, 5) is 17.4. The highest BCUT2D eigenvalue weighted by Gasteiger charge is 2.18. The number of nitrogens with one attached hydrogen (secondary N) is 1. The molecule has 1 aromatic rings. The van der Waals surface area contributed by atoms with Crippen LogP contribution in [0.2, 0.25) is 0 Å². The van der Waals surface area contributed by atoms with Gasteiger partial charge in [0, 0.05) is 23.9 Å². The Hall–Kier alpha value is -1.53. The summed E-state index contributed by atoms with van der Waals surface area (Å²) in [7, 11) is 0. The van der Waals surface area contributed by atoms with Crippen LogP contribution in [0.5, 0.6) is 0 Å². The molecule has 0 atom stereocenters. The van der Waals surface area contributed by atoms with Crippen molar-refractivity contribution >= 4 is 5.69 Å². The first-order valence-electron chi connectivity index (χ1n) is 7.53. The van der Waals surface area contributed by atoms with E-state index in [9.17, 15) is 10.1 Å². The summed E-state index contributed by atoms with van der Waals surface area (Å²) in [5.74, 6) is 0. The van der Waals surface area contributed by atoms with E-state index in [4.69, 9.17) is 0 Å². The summed E-state index contributed by atoms with van der Waals surface area (Å²) in [6, 6.07) is 0. The van der Waals surface area contributed by atoms with Gasteiger partial charge in [0.25, 0.3) is 5.69 Å². The van der Waals surface area contributed by atoms with Crippen molar-refractivity contribution in [2.24, 2.45) is 0 Å². The van der Waals surface area contributed by atoms with Gasteiger partial charge >= 0.3 is 0 Å². The van der Waals surface area contributed by atoms with E-state index in [-0.39, 0.29) is 10.6 Å². The zero-order valence-corrected chi connectivity index (χ0v) is 13.5. The number of rotatable bonds is 9. The molecule has 1 N–H and O–H groups in total. The van der Waals surface area contributed by atoms with Crippen LogP contribution in [0.4, 0.5) is 5.69 Å². The van der Waals surface area contributed by atoms with E-state index in [2.05, 4.69) is 29.0 Å². The molecule has 1 rings (SSSR count). The molecule has 0 bridgehead atoms. The Morgan fingerprint density at radius 3 is 2.57 bits per heavy atom. The van der Waals surface area contributed by atoms with Gasteiger partial charge in [0.15, 0.2) is 0 Å². The SMILES string of the molecule is CCN(CC)CCCNCc1ncc(C)c([N+](=O)[O-])c1C. The van der Waals surface area contributed by atoms with Crippen molar-refractivity contribution in [1.29, 1.82) is 0 Å². The predicted molar refractivity (Wildman–Crippen MR) is 84.5 cm³/mol. The summed E-state index contributed by atoms with van der Waals surface area (Å²) >= 11 is 0. The number of aryl methyl sites for hydroxylation is 1. The number of pyridine rings is 1. The van der Waals surface area contributed by atoms with E-state index in [1.54, 1.807) is 20.0 Å². The van der Waals surface area contributed by atoms with Crippen LogP contribution in [0.15, 0.2) is 6.20 Å². The summed E-state index contributed by atoms with van der Waals surface area (Å²) < 4.78 is 0. The Morgan fingerprint density at radius 2 is 2.00 bits per heavy atom. The van der Waals surface area contributed by atoms with Gasteiger partial charge in [0.05, 0.1) is 10.6 Å². The van der Waals surface area contributed by atoms with E-state index < -0.39 is 0 Å². The molecule has 0 amide bonds. The maximum absolute atomic E-state index is 11.1. The fourth-order valence-corrected chi connectivity index (χ4v) is 2.40. The topological polar surface area (TPSA) is 71.3 Å². The summed E-state index contributed by atoms with van der Waals surface area (Å²) in [6.07, 6.45) is 2.65. The first-order valence-corrected chi connectivity index (χ1v) is 7.53. The third-order valence-electron chi connectivity index (χ3n) is 3.77. The molecule has 0 radical (unpaired) electrons. The minimum Gasteiger partial charge on any atom is -0.311 e. The molecule has 0 aliphatic rings. The molecular weight excluding hydrogens is 268 g/mol. The lowest BCUT2D eigenvalue weighted by Crippen LogP contribution is -2.27. The highest BCUT2D eigenvalue weighted by molar-refractivity contribution is 5.47. The maximum Gasteiger partial charge on any atom is 0.278 e. The highest BCUT2D eigenvalue weighted by Crippen LogP contribution is 2.23. The van der Waals surface area contributed by atoms with Crippen molar-refractivity contribution in [3.63, 3.8) is 0 Å². The van der Waals surface area contributed by atoms with Gasteiger partial charge in [-0.25, -0.2) is 0 Å². The van der Waals surface area contributed by atoms with Crippen molar-refractivity contribution in [3.05, 3.63) is 33.1 Å². The summed E-state index contributed by atoms with van der Waals surface area (Å²) in [5, 5.41) is 14.4.